The van der Waals surface area contributed by atoms with E-state index in [9.17, 15) is 0 Å². The van der Waals surface area contributed by atoms with Crippen LogP contribution in [0.2, 0.25) is 0 Å². The molecular formula is C26H28N6OS. The summed E-state index contributed by atoms with van der Waals surface area (Å²) in [5, 5.41) is 17.0. The maximum absolute atomic E-state index is 6.32. The van der Waals surface area contributed by atoms with Crippen LogP contribution in [0, 0.1) is 19.3 Å². The lowest BCUT2D eigenvalue weighted by Gasteiger charge is -2.48. The first-order valence-corrected chi connectivity index (χ1v) is 12.9. The van der Waals surface area contributed by atoms with Gasteiger partial charge in [-0.1, -0.05) is 0 Å². The molecule has 7 nitrogen and oxygen atoms in total. The second-order valence-corrected chi connectivity index (χ2v) is 10.7. The lowest BCUT2D eigenvalue weighted by atomic mass is 9.79. The predicted octanol–water partition coefficient (Wildman–Crippen LogP) is 5.12. The monoisotopic (exact) mass is 472 g/mol. The Hall–Kier alpha value is -3.13. The predicted molar refractivity (Wildman–Crippen MR) is 136 cm³/mol. The molecule has 0 bridgehead atoms. The van der Waals surface area contributed by atoms with Gasteiger partial charge in [-0.25, -0.2) is 4.98 Å². The number of hydrogen-bond acceptors (Lipinski definition) is 7. The van der Waals surface area contributed by atoms with E-state index in [0.29, 0.717) is 5.41 Å². The SMILES string of the molecule is Cc1cnnc(C)c1[C@@H](C)Oc1ccc2[nH]nc(-c3ccc(N4CC5(CCSC5)C4)nc3)c2c1. The molecule has 5 heterocycles. The molecule has 2 aliphatic rings. The number of nitrogens with zero attached hydrogens (tertiary/aromatic N) is 5. The smallest absolute Gasteiger partial charge is 0.128 e. The summed E-state index contributed by atoms with van der Waals surface area (Å²) in [5.41, 5.74) is 6.43. The van der Waals surface area contributed by atoms with Gasteiger partial charge in [-0.05, 0) is 68.8 Å². The number of aromatic amines is 1. The van der Waals surface area contributed by atoms with Crippen molar-refractivity contribution in [2.24, 2.45) is 5.41 Å². The number of ether oxygens (including phenoxy) is 1. The van der Waals surface area contributed by atoms with Crippen LogP contribution in [-0.4, -0.2) is 50.0 Å². The van der Waals surface area contributed by atoms with Gasteiger partial charge in [0.2, 0.25) is 0 Å². The van der Waals surface area contributed by atoms with Crippen molar-refractivity contribution in [3.05, 3.63) is 59.5 Å². The van der Waals surface area contributed by atoms with Crippen LogP contribution in [0.3, 0.4) is 0 Å². The number of pyridine rings is 1. The van der Waals surface area contributed by atoms with Crippen LogP contribution in [0.25, 0.3) is 22.2 Å². The Balaban J connectivity index is 1.23. The highest BCUT2D eigenvalue weighted by Crippen LogP contribution is 2.44. The molecule has 0 unspecified atom stereocenters. The second kappa shape index (κ2) is 8.27. The van der Waals surface area contributed by atoms with Gasteiger partial charge >= 0.3 is 0 Å². The van der Waals surface area contributed by atoms with Crippen LogP contribution in [0.1, 0.15) is 36.3 Å². The van der Waals surface area contributed by atoms with E-state index >= 15 is 0 Å². The lowest BCUT2D eigenvalue weighted by molar-refractivity contribution is 0.225. The Kier molecular flexibility index (Phi) is 5.21. The van der Waals surface area contributed by atoms with Crippen molar-refractivity contribution in [3.8, 4) is 17.0 Å². The van der Waals surface area contributed by atoms with Gasteiger partial charge in [0.25, 0.3) is 0 Å². The van der Waals surface area contributed by atoms with Crippen LogP contribution in [0.4, 0.5) is 5.82 Å². The minimum absolute atomic E-state index is 0.137. The number of hydrogen-bond donors (Lipinski definition) is 1. The number of aryl methyl sites for hydroxylation is 2. The molecule has 0 aliphatic carbocycles. The van der Waals surface area contributed by atoms with Crippen molar-refractivity contribution >= 4 is 28.5 Å². The summed E-state index contributed by atoms with van der Waals surface area (Å²) in [7, 11) is 0. The first-order chi connectivity index (χ1) is 16.5. The average Bonchev–Trinajstić information content (AvgIpc) is 3.46. The number of aromatic nitrogens is 5. The van der Waals surface area contributed by atoms with Crippen molar-refractivity contribution in [1.29, 1.82) is 0 Å². The van der Waals surface area contributed by atoms with Crippen LogP contribution in [-0.2, 0) is 0 Å². The normalized spacial score (nSPS) is 17.8. The third-order valence-electron chi connectivity index (χ3n) is 7.11. The quantitative estimate of drug-likeness (QED) is 0.432. The van der Waals surface area contributed by atoms with E-state index in [1.807, 2.05) is 39.1 Å². The Morgan fingerprint density at radius 1 is 1.15 bits per heavy atom. The summed E-state index contributed by atoms with van der Waals surface area (Å²) in [6.07, 6.45) is 4.92. The molecule has 6 rings (SSSR count). The Morgan fingerprint density at radius 2 is 2.03 bits per heavy atom. The van der Waals surface area contributed by atoms with Crippen molar-refractivity contribution in [1.82, 2.24) is 25.4 Å². The summed E-state index contributed by atoms with van der Waals surface area (Å²) in [4.78, 5) is 7.16. The summed E-state index contributed by atoms with van der Waals surface area (Å²) in [6, 6.07) is 10.3. The van der Waals surface area contributed by atoms with Crippen molar-refractivity contribution < 1.29 is 4.74 Å². The Labute approximate surface area is 203 Å². The number of fused-ring (bicyclic) bond motifs is 1. The molecule has 1 atom stereocenters. The fraction of sp³-hybridized carbons (Fsp3) is 0.385. The first-order valence-electron chi connectivity index (χ1n) is 11.7. The molecule has 0 amide bonds. The number of thioether (sulfide) groups is 1. The minimum atomic E-state index is -0.137. The van der Waals surface area contributed by atoms with Crippen LogP contribution in [0.5, 0.6) is 5.75 Å². The summed E-state index contributed by atoms with van der Waals surface area (Å²) < 4.78 is 6.32. The molecule has 34 heavy (non-hydrogen) atoms. The number of nitrogens with one attached hydrogen (secondary N) is 1. The Bertz CT molecular complexity index is 1320. The molecule has 1 aromatic carbocycles. The fourth-order valence-corrected chi connectivity index (χ4v) is 6.79. The molecule has 8 heteroatoms. The molecular weight excluding hydrogens is 444 g/mol. The average molecular weight is 473 g/mol. The summed E-state index contributed by atoms with van der Waals surface area (Å²) in [6.45, 7) is 8.31. The van der Waals surface area contributed by atoms with E-state index in [1.54, 1.807) is 6.20 Å². The van der Waals surface area contributed by atoms with Gasteiger partial charge in [-0.3, -0.25) is 5.10 Å². The highest BCUT2D eigenvalue weighted by Gasteiger charge is 2.45. The van der Waals surface area contributed by atoms with E-state index in [4.69, 9.17) is 9.72 Å². The fourth-order valence-electron chi connectivity index (χ4n) is 5.31. The van der Waals surface area contributed by atoms with Gasteiger partial charge in [-0.15, -0.1) is 0 Å². The molecule has 2 fully saturated rings. The van der Waals surface area contributed by atoms with E-state index < -0.39 is 0 Å². The maximum atomic E-state index is 6.32. The van der Waals surface area contributed by atoms with Gasteiger partial charge in [0.05, 0.1) is 17.4 Å². The highest BCUT2D eigenvalue weighted by molar-refractivity contribution is 7.99. The van der Waals surface area contributed by atoms with Gasteiger partial charge in [0.15, 0.2) is 0 Å². The van der Waals surface area contributed by atoms with Gasteiger partial charge < -0.3 is 9.64 Å². The summed E-state index contributed by atoms with van der Waals surface area (Å²) in [5.74, 6) is 4.44. The van der Waals surface area contributed by atoms with Gasteiger partial charge in [0.1, 0.15) is 23.4 Å². The van der Waals surface area contributed by atoms with Crippen molar-refractivity contribution in [2.45, 2.75) is 33.3 Å². The van der Waals surface area contributed by atoms with Crippen molar-refractivity contribution in [2.75, 3.05) is 29.5 Å². The maximum Gasteiger partial charge on any atom is 0.128 e. The molecule has 2 saturated heterocycles. The van der Waals surface area contributed by atoms with E-state index in [0.717, 1.165) is 63.6 Å². The number of anilines is 1. The topological polar surface area (TPSA) is 79.8 Å². The summed E-state index contributed by atoms with van der Waals surface area (Å²) >= 11 is 2.09. The molecule has 0 saturated carbocycles. The largest absolute Gasteiger partial charge is 0.486 e. The zero-order valence-electron chi connectivity index (χ0n) is 19.7. The second-order valence-electron chi connectivity index (χ2n) is 9.63. The van der Waals surface area contributed by atoms with Gasteiger partial charge in [-0.2, -0.15) is 27.1 Å². The van der Waals surface area contributed by atoms with Crippen LogP contribution < -0.4 is 9.64 Å². The number of H-pyrrole nitrogens is 1. The van der Waals surface area contributed by atoms with Gasteiger partial charge in [0, 0.05) is 47.0 Å². The van der Waals surface area contributed by atoms with Crippen LogP contribution >= 0.6 is 11.8 Å². The Morgan fingerprint density at radius 3 is 2.76 bits per heavy atom. The molecule has 174 valence electrons. The van der Waals surface area contributed by atoms with Crippen LogP contribution in [0.15, 0.2) is 42.7 Å². The van der Waals surface area contributed by atoms with E-state index in [1.165, 1.54) is 17.9 Å². The molecule has 1 spiro atoms. The lowest BCUT2D eigenvalue weighted by Crippen LogP contribution is -2.56. The third-order valence-corrected chi connectivity index (χ3v) is 8.42. The number of rotatable bonds is 5. The van der Waals surface area contributed by atoms with Crippen molar-refractivity contribution in [3.63, 3.8) is 0 Å². The molecule has 2 aliphatic heterocycles. The first kappa shape index (κ1) is 21.4. The molecule has 4 aromatic rings. The zero-order valence-corrected chi connectivity index (χ0v) is 20.5. The van der Waals surface area contributed by atoms with E-state index in [-0.39, 0.29) is 6.10 Å². The standard InChI is InChI=1S/C26H28N6OS/c1-16-11-28-29-17(2)24(16)18(3)33-20-5-6-22-21(10-20)25(31-30-22)19-4-7-23(27-12-19)32-13-26(14-32)8-9-34-15-26/h4-7,10-12,18H,8-9,13-15H2,1-3H3,(H,30,31)/t18-/m1/s1. The molecule has 3 aromatic heterocycles. The number of benzene rings is 1. The minimum Gasteiger partial charge on any atom is -0.486 e. The highest BCUT2D eigenvalue weighted by atomic mass is 32.2. The molecule has 1 N–H and O–H groups in total. The molecule has 0 radical (unpaired) electrons. The van der Waals surface area contributed by atoms with E-state index in [2.05, 4.69) is 55.3 Å². The third kappa shape index (κ3) is 3.70. The zero-order chi connectivity index (χ0) is 23.3.